The normalized spacial score (nSPS) is 11.1. The van der Waals surface area contributed by atoms with Crippen molar-refractivity contribution < 1.29 is 17.7 Å². The molecule has 0 amide bonds. The van der Waals surface area contributed by atoms with Gasteiger partial charge in [0.25, 0.3) is 15.7 Å². The zero-order chi connectivity index (χ0) is 15.6. The van der Waals surface area contributed by atoms with E-state index in [1.54, 1.807) is 0 Å². The molecular formula is C11H9FN4O4S. The Balaban J connectivity index is 2.44. The molecule has 0 aliphatic rings. The van der Waals surface area contributed by atoms with Crippen LogP contribution in [0.25, 0.3) is 0 Å². The van der Waals surface area contributed by atoms with Gasteiger partial charge in [0.05, 0.1) is 22.9 Å². The van der Waals surface area contributed by atoms with E-state index in [4.69, 9.17) is 5.73 Å². The molecule has 21 heavy (non-hydrogen) atoms. The summed E-state index contributed by atoms with van der Waals surface area (Å²) in [6.07, 6.45) is 1.15. The fourth-order valence-electron chi connectivity index (χ4n) is 1.54. The molecular weight excluding hydrogens is 303 g/mol. The van der Waals surface area contributed by atoms with Gasteiger partial charge in [-0.25, -0.2) is 17.8 Å². The first kappa shape index (κ1) is 14.7. The molecule has 0 spiro atoms. The maximum absolute atomic E-state index is 13.0. The minimum atomic E-state index is -4.26. The molecule has 8 nitrogen and oxygen atoms in total. The summed E-state index contributed by atoms with van der Waals surface area (Å²) >= 11 is 0. The summed E-state index contributed by atoms with van der Waals surface area (Å²) in [5.74, 6) is -0.722. The third-order valence-electron chi connectivity index (χ3n) is 2.45. The van der Waals surface area contributed by atoms with Gasteiger partial charge in [-0.2, -0.15) is 0 Å². The second kappa shape index (κ2) is 5.32. The fourth-order valence-corrected chi connectivity index (χ4v) is 2.73. The lowest BCUT2D eigenvalue weighted by molar-refractivity contribution is -0.388. The topological polar surface area (TPSA) is 128 Å². The van der Waals surface area contributed by atoms with Gasteiger partial charge in [0.1, 0.15) is 11.6 Å². The molecule has 2 aromatic rings. The molecule has 0 aliphatic carbocycles. The highest BCUT2D eigenvalue weighted by atomic mass is 32.2. The number of nitrogens with one attached hydrogen (secondary N) is 1. The second-order valence-corrected chi connectivity index (χ2v) is 5.60. The van der Waals surface area contributed by atoms with E-state index < -0.39 is 31.3 Å². The van der Waals surface area contributed by atoms with E-state index in [1.807, 2.05) is 0 Å². The van der Waals surface area contributed by atoms with Crippen LogP contribution < -0.4 is 10.5 Å². The molecule has 0 aliphatic heterocycles. The van der Waals surface area contributed by atoms with Crippen LogP contribution in [0.2, 0.25) is 0 Å². The predicted molar refractivity (Wildman–Crippen MR) is 72.5 cm³/mol. The number of hydrogen-bond donors (Lipinski definition) is 2. The standard InChI is InChI=1S/C11H9FN4O4S/c12-7-1-3-10(9(5-7)16(17)18)21(19,20)15-8-2-4-11(13)14-6-8/h1-6,15H,(H2,13,14). The molecule has 1 heterocycles. The second-order valence-electron chi connectivity index (χ2n) is 3.95. The van der Waals surface area contributed by atoms with Gasteiger partial charge in [0.15, 0.2) is 4.90 Å². The molecule has 2 rings (SSSR count). The summed E-state index contributed by atoms with van der Waals surface area (Å²) < 4.78 is 39.4. The van der Waals surface area contributed by atoms with E-state index in [2.05, 4.69) is 9.71 Å². The molecule has 0 atom stereocenters. The Kier molecular flexibility index (Phi) is 3.72. The fraction of sp³-hybridized carbons (Fsp3) is 0. The average Bonchev–Trinajstić information content (AvgIpc) is 2.40. The van der Waals surface area contributed by atoms with Crippen molar-refractivity contribution in [2.45, 2.75) is 4.90 Å². The monoisotopic (exact) mass is 312 g/mol. The van der Waals surface area contributed by atoms with Gasteiger partial charge in [-0.3, -0.25) is 14.8 Å². The Morgan fingerprint density at radius 1 is 1.29 bits per heavy atom. The Labute approximate surface area is 118 Å². The van der Waals surface area contributed by atoms with Gasteiger partial charge in [0, 0.05) is 0 Å². The van der Waals surface area contributed by atoms with Gasteiger partial charge < -0.3 is 5.73 Å². The number of nitrogens with two attached hydrogens (primary N) is 1. The lowest BCUT2D eigenvalue weighted by Crippen LogP contribution is -2.15. The molecule has 10 heteroatoms. The largest absolute Gasteiger partial charge is 0.384 e. The van der Waals surface area contributed by atoms with Gasteiger partial charge in [-0.1, -0.05) is 0 Å². The Morgan fingerprint density at radius 3 is 2.57 bits per heavy atom. The first-order valence-electron chi connectivity index (χ1n) is 5.48. The van der Waals surface area contributed by atoms with E-state index in [0.29, 0.717) is 6.07 Å². The van der Waals surface area contributed by atoms with Crippen molar-refractivity contribution in [2.24, 2.45) is 0 Å². The van der Waals surface area contributed by atoms with Crippen molar-refractivity contribution in [3.63, 3.8) is 0 Å². The number of nitrogen functional groups attached to an aromatic ring is 1. The summed E-state index contributed by atoms with van der Waals surface area (Å²) in [7, 11) is -4.26. The number of sulfonamides is 1. The Bertz CT molecular complexity index is 792. The highest BCUT2D eigenvalue weighted by Gasteiger charge is 2.26. The summed E-state index contributed by atoms with van der Waals surface area (Å²) in [6.45, 7) is 0. The zero-order valence-corrected chi connectivity index (χ0v) is 11.2. The Morgan fingerprint density at radius 2 is 2.00 bits per heavy atom. The maximum atomic E-state index is 13.0. The summed E-state index contributed by atoms with van der Waals surface area (Å²) in [5.41, 5.74) is 4.58. The van der Waals surface area contributed by atoms with E-state index in [1.165, 1.54) is 12.1 Å². The van der Waals surface area contributed by atoms with Crippen LogP contribution in [0.1, 0.15) is 0 Å². The lowest BCUT2D eigenvalue weighted by atomic mass is 10.3. The molecule has 3 N–H and O–H groups in total. The number of hydrogen-bond acceptors (Lipinski definition) is 6. The van der Waals surface area contributed by atoms with Crippen molar-refractivity contribution >= 4 is 27.2 Å². The van der Waals surface area contributed by atoms with E-state index in [-0.39, 0.29) is 11.5 Å². The van der Waals surface area contributed by atoms with Crippen LogP contribution >= 0.6 is 0 Å². The molecule has 0 saturated heterocycles. The molecule has 0 unspecified atom stereocenters. The quantitative estimate of drug-likeness (QED) is 0.650. The van der Waals surface area contributed by atoms with Crippen LogP contribution in [-0.4, -0.2) is 18.3 Å². The minimum absolute atomic E-state index is 0.0721. The first-order valence-corrected chi connectivity index (χ1v) is 6.96. The van der Waals surface area contributed by atoms with E-state index >= 15 is 0 Å². The van der Waals surface area contributed by atoms with Crippen molar-refractivity contribution in [1.82, 2.24) is 4.98 Å². The molecule has 0 radical (unpaired) electrons. The summed E-state index contributed by atoms with van der Waals surface area (Å²) in [5, 5.41) is 10.8. The molecule has 1 aromatic heterocycles. The van der Waals surface area contributed by atoms with Crippen LogP contribution in [0.5, 0.6) is 0 Å². The number of halogens is 1. The number of benzene rings is 1. The SMILES string of the molecule is Nc1ccc(NS(=O)(=O)c2ccc(F)cc2[N+](=O)[O-])cn1. The number of aromatic nitrogens is 1. The first-order chi connectivity index (χ1) is 9.79. The van der Waals surface area contributed by atoms with Crippen LogP contribution in [-0.2, 0) is 10.0 Å². The van der Waals surface area contributed by atoms with Crippen molar-refractivity contribution in [2.75, 3.05) is 10.5 Å². The molecule has 0 saturated carbocycles. The minimum Gasteiger partial charge on any atom is -0.384 e. The summed E-state index contributed by atoms with van der Waals surface area (Å²) in [6, 6.07) is 4.88. The Hall–Kier alpha value is -2.75. The highest BCUT2D eigenvalue weighted by Crippen LogP contribution is 2.26. The number of nitro benzene ring substituents is 1. The number of anilines is 2. The van der Waals surface area contributed by atoms with Gasteiger partial charge >= 0.3 is 0 Å². The maximum Gasteiger partial charge on any atom is 0.292 e. The van der Waals surface area contributed by atoms with Crippen LogP contribution in [0.4, 0.5) is 21.6 Å². The molecule has 0 bridgehead atoms. The van der Waals surface area contributed by atoms with E-state index in [0.717, 1.165) is 18.3 Å². The number of nitro groups is 1. The molecule has 110 valence electrons. The average molecular weight is 312 g/mol. The van der Waals surface area contributed by atoms with Crippen LogP contribution in [0.3, 0.4) is 0 Å². The predicted octanol–water partition coefficient (Wildman–Crippen LogP) is 1.51. The van der Waals surface area contributed by atoms with Gasteiger partial charge in [0.2, 0.25) is 0 Å². The third-order valence-corrected chi connectivity index (χ3v) is 3.87. The highest BCUT2D eigenvalue weighted by molar-refractivity contribution is 7.92. The van der Waals surface area contributed by atoms with E-state index in [9.17, 15) is 22.9 Å². The number of pyridine rings is 1. The summed E-state index contributed by atoms with van der Waals surface area (Å²) in [4.78, 5) is 12.9. The molecule has 1 aromatic carbocycles. The van der Waals surface area contributed by atoms with Gasteiger partial charge in [-0.15, -0.1) is 0 Å². The zero-order valence-electron chi connectivity index (χ0n) is 10.4. The van der Waals surface area contributed by atoms with Crippen molar-refractivity contribution in [3.8, 4) is 0 Å². The van der Waals surface area contributed by atoms with Gasteiger partial charge in [-0.05, 0) is 24.3 Å². The number of nitrogens with zero attached hydrogens (tertiary/aromatic N) is 2. The molecule has 0 fully saturated rings. The lowest BCUT2D eigenvalue weighted by Gasteiger charge is -2.08. The number of rotatable bonds is 4. The smallest absolute Gasteiger partial charge is 0.292 e. The van der Waals surface area contributed by atoms with Crippen LogP contribution in [0, 0.1) is 15.9 Å². The van der Waals surface area contributed by atoms with Crippen LogP contribution in [0.15, 0.2) is 41.4 Å². The third kappa shape index (κ3) is 3.23. The van der Waals surface area contributed by atoms with Crippen molar-refractivity contribution in [3.05, 3.63) is 52.5 Å². The van der Waals surface area contributed by atoms with Crippen molar-refractivity contribution in [1.29, 1.82) is 0 Å².